The third kappa shape index (κ3) is 8.15. The molecule has 0 aliphatic heterocycles. The molecule has 0 aliphatic carbocycles. The topological polar surface area (TPSA) is 75.6 Å². The lowest BCUT2D eigenvalue weighted by atomic mass is 10.1. The predicted molar refractivity (Wildman–Crippen MR) is 73.4 cm³/mol. The maximum Gasteiger partial charge on any atom is 0.331 e. The Kier molecular flexibility index (Phi) is 7.08. The van der Waals surface area contributed by atoms with Gasteiger partial charge in [-0.2, -0.15) is 0 Å². The van der Waals surface area contributed by atoms with Crippen molar-refractivity contribution in [2.45, 2.75) is 52.4 Å². The molecule has 2 atom stereocenters. The number of ether oxygens (including phenoxy) is 1. The Morgan fingerprint density at radius 1 is 1.26 bits per heavy atom. The van der Waals surface area contributed by atoms with Crippen molar-refractivity contribution in [3.63, 3.8) is 0 Å². The first-order valence-electron chi connectivity index (χ1n) is 6.18. The molecule has 0 unspecified atom stereocenters. The fourth-order valence-electron chi connectivity index (χ4n) is 1.20. The van der Waals surface area contributed by atoms with E-state index in [4.69, 9.17) is 4.74 Å². The summed E-state index contributed by atoms with van der Waals surface area (Å²) in [6.07, 6.45) is 5.24. The second kappa shape index (κ2) is 7.74. The Morgan fingerprint density at radius 2 is 1.84 bits per heavy atom. The van der Waals surface area contributed by atoms with Gasteiger partial charge in [0.25, 0.3) is 0 Å². The van der Waals surface area contributed by atoms with Crippen LogP contribution in [0.3, 0.4) is 0 Å². The van der Waals surface area contributed by atoms with Gasteiger partial charge in [-0.25, -0.2) is 4.79 Å². The summed E-state index contributed by atoms with van der Waals surface area (Å²) >= 11 is 0. The molecule has 0 saturated heterocycles. The molecule has 0 aromatic rings. The van der Waals surface area contributed by atoms with Crippen LogP contribution in [0.25, 0.3) is 0 Å². The molecule has 5 nitrogen and oxygen atoms in total. The molecule has 0 radical (unpaired) electrons. The molecular formula is C14H23NO4. The highest BCUT2D eigenvalue weighted by atomic mass is 16.6. The summed E-state index contributed by atoms with van der Waals surface area (Å²) in [6, 6.07) is -1.08. The first-order valence-corrected chi connectivity index (χ1v) is 6.18. The SMILES string of the molecule is C/C=C/C=C\C(=O)N[C@H](C(=O)OC(C)(C)C)[C@@H](C)O. The first kappa shape index (κ1) is 17.4. The molecule has 0 saturated carbocycles. The first-order chi connectivity index (χ1) is 8.67. The van der Waals surface area contributed by atoms with Gasteiger partial charge in [-0.05, 0) is 34.6 Å². The standard InChI is InChI=1S/C14H23NO4/c1-6-7-8-9-11(17)15-12(10(2)16)13(18)19-14(3,4)5/h6-10,12,16H,1-5H3,(H,15,17)/b7-6+,9-8-/t10-,12+/m1/s1. The fraction of sp³-hybridized carbons (Fsp3) is 0.571. The van der Waals surface area contributed by atoms with Gasteiger partial charge in [0.2, 0.25) is 5.91 Å². The van der Waals surface area contributed by atoms with Crippen LogP contribution in [0.5, 0.6) is 0 Å². The Morgan fingerprint density at radius 3 is 2.26 bits per heavy atom. The molecule has 0 spiro atoms. The van der Waals surface area contributed by atoms with E-state index in [0.29, 0.717) is 0 Å². The number of hydrogen-bond acceptors (Lipinski definition) is 4. The molecule has 0 aromatic heterocycles. The molecule has 2 N–H and O–H groups in total. The number of carbonyl (C=O) groups is 2. The van der Waals surface area contributed by atoms with E-state index >= 15 is 0 Å². The van der Waals surface area contributed by atoms with E-state index < -0.39 is 29.6 Å². The predicted octanol–water partition coefficient (Wildman–Crippen LogP) is 1.33. The third-order valence-corrected chi connectivity index (χ3v) is 1.99. The third-order valence-electron chi connectivity index (χ3n) is 1.99. The highest BCUT2D eigenvalue weighted by Gasteiger charge is 2.29. The average molecular weight is 269 g/mol. The van der Waals surface area contributed by atoms with Gasteiger partial charge >= 0.3 is 5.97 Å². The zero-order valence-corrected chi connectivity index (χ0v) is 12.1. The summed E-state index contributed by atoms with van der Waals surface area (Å²) < 4.78 is 5.14. The van der Waals surface area contributed by atoms with E-state index in [1.54, 1.807) is 39.0 Å². The molecule has 0 aliphatic rings. The van der Waals surface area contributed by atoms with E-state index in [1.165, 1.54) is 13.0 Å². The van der Waals surface area contributed by atoms with Gasteiger partial charge in [0.05, 0.1) is 6.10 Å². The number of carbonyl (C=O) groups excluding carboxylic acids is 2. The van der Waals surface area contributed by atoms with Crippen LogP contribution in [0.4, 0.5) is 0 Å². The number of aliphatic hydroxyl groups excluding tert-OH is 1. The van der Waals surface area contributed by atoms with Crippen LogP contribution in [0.15, 0.2) is 24.3 Å². The van der Waals surface area contributed by atoms with Crippen molar-refractivity contribution in [3.8, 4) is 0 Å². The van der Waals surface area contributed by atoms with Gasteiger partial charge in [0, 0.05) is 6.08 Å². The molecule has 108 valence electrons. The minimum absolute atomic E-state index is 0.463. The summed E-state index contributed by atoms with van der Waals surface area (Å²) in [4.78, 5) is 23.4. The van der Waals surface area contributed by atoms with Crippen LogP contribution in [0.2, 0.25) is 0 Å². The monoisotopic (exact) mass is 269 g/mol. The minimum atomic E-state index is -1.08. The van der Waals surface area contributed by atoms with E-state index in [1.807, 2.05) is 6.92 Å². The number of aliphatic hydroxyl groups is 1. The lowest BCUT2D eigenvalue weighted by molar-refractivity contribution is -0.161. The fourth-order valence-corrected chi connectivity index (χ4v) is 1.20. The van der Waals surface area contributed by atoms with Crippen LogP contribution in [-0.2, 0) is 14.3 Å². The van der Waals surface area contributed by atoms with Crippen LogP contribution >= 0.6 is 0 Å². The zero-order valence-electron chi connectivity index (χ0n) is 12.1. The average Bonchev–Trinajstić information content (AvgIpc) is 2.23. The van der Waals surface area contributed by atoms with E-state index in [-0.39, 0.29) is 0 Å². The Hall–Kier alpha value is -1.62. The van der Waals surface area contributed by atoms with Crippen molar-refractivity contribution in [1.82, 2.24) is 5.32 Å². The Labute approximate surface area is 114 Å². The van der Waals surface area contributed by atoms with Crippen LogP contribution in [0, 0.1) is 0 Å². The van der Waals surface area contributed by atoms with Crippen molar-refractivity contribution in [2.24, 2.45) is 0 Å². The van der Waals surface area contributed by atoms with Crippen LogP contribution < -0.4 is 5.32 Å². The molecule has 0 bridgehead atoms. The minimum Gasteiger partial charge on any atom is -0.458 e. The number of allylic oxidation sites excluding steroid dienone is 3. The molecule has 0 heterocycles. The molecule has 0 fully saturated rings. The highest BCUT2D eigenvalue weighted by Crippen LogP contribution is 2.10. The molecule has 0 rings (SSSR count). The molecule has 1 amide bonds. The van der Waals surface area contributed by atoms with Crippen LogP contribution in [-0.4, -0.2) is 34.7 Å². The molecule has 19 heavy (non-hydrogen) atoms. The number of esters is 1. The smallest absolute Gasteiger partial charge is 0.331 e. The van der Waals surface area contributed by atoms with Crippen molar-refractivity contribution in [1.29, 1.82) is 0 Å². The van der Waals surface area contributed by atoms with Crippen molar-refractivity contribution in [3.05, 3.63) is 24.3 Å². The van der Waals surface area contributed by atoms with Gasteiger partial charge < -0.3 is 15.2 Å². The van der Waals surface area contributed by atoms with Gasteiger partial charge in [-0.15, -0.1) is 0 Å². The van der Waals surface area contributed by atoms with Gasteiger partial charge in [0.1, 0.15) is 5.60 Å². The number of amides is 1. The Balaban J connectivity index is 4.66. The van der Waals surface area contributed by atoms with Crippen molar-refractivity contribution < 1.29 is 19.4 Å². The highest BCUT2D eigenvalue weighted by molar-refractivity contribution is 5.92. The maximum absolute atomic E-state index is 11.8. The quantitative estimate of drug-likeness (QED) is 0.448. The van der Waals surface area contributed by atoms with Crippen LogP contribution in [0.1, 0.15) is 34.6 Å². The summed E-state index contributed by atoms with van der Waals surface area (Å²) in [7, 11) is 0. The normalized spacial score (nSPS) is 15.5. The lowest BCUT2D eigenvalue weighted by Gasteiger charge is -2.25. The lowest BCUT2D eigenvalue weighted by Crippen LogP contribution is -2.49. The molecular weight excluding hydrogens is 246 g/mol. The summed E-state index contributed by atoms with van der Waals surface area (Å²) in [6.45, 7) is 8.40. The summed E-state index contributed by atoms with van der Waals surface area (Å²) in [5, 5.41) is 12.0. The molecule has 5 heteroatoms. The second-order valence-corrected chi connectivity index (χ2v) is 5.15. The van der Waals surface area contributed by atoms with Crippen molar-refractivity contribution in [2.75, 3.05) is 0 Å². The maximum atomic E-state index is 11.8. The van der Waals surface area contributed by atoms with Crippen molar-refractivity contribution >= 4 is 11.9 Å². The van der Waals surface area contributed by atoms with E-state index in [9.17, 15) is 14.7 Å². The van der Waals surface area contributed by atoms with Gasteiger partial charge in [-0.1, -0.05) is 18.2 Å². The van der Waals surface area contributed by atoms with Gasteiger partial charge in [-0.3, -0.25) is 4.79 Å². The summed E-state index contributed by atoms with van der Waals surface area (Å²) in [5.74, 6) is -1.12. The number of nitrogens with one attached hydrogen (secondary N) is 1. The van der Waals surface area contributed by atoms with Gasteiger partial charge in [0.15, 0.2) is 6.04 Å². The number of hydrogen-bond donors (Lipinski definition) is 2. The van der Waals surface area contributed by atoms with E-state index in [2.05, 4.69) is 5.32 Å². The zero-order chi connectivity index (χ0) is 15.1. The Bertz CT molecular complexity index is 364. The van der Waals surface area contributed by atoms with E-state index in [0.717, 1.165) is 0 Å². The largest absolute Gasteiger partial charge is 0.458 e. The molecule has 0 aromatic carbocycles. The number of rotatable bonds is 5. The summed E-state index contributed by atoms with van der Waals surface area (Å²) in [5.41, 5.74) is -0.671. The second-order valence-electron chi connectivity index (χ2n) is 5.15.